The van der Waals surface area contributed by atoms with E-state index in [4.69, 9.17) is 15.2 Å². The summed E-state index contributed by atoms with van der Waals surface area (Å²) in [4.78, 5) is 2.40. The van der Waals surface area contributed by atoms with Crippen LogP contribution < -0.4 is 15.2 Å². The van der Waals surface area contributed by atoms with Gasteiger partial charge in [0.05, 0.1) is 26.0 Å². The SMILES string of the molecule is COc1cc(CC2C(O)C3CCN2CC3)cc(N)c1OC. The van der Waals surface area contributed by atoms with Gasteiger partial charge in [-0.3, -0.25) is 4.90 Å². The fraction of sp³-hybridized carbons (Fsp3) is 0.625. The standard InChI is InChI=1S/C16H24N2O3/c1-20-14-9-10(7-12(17)16(14)21-2)8-13-15(19)11-3-5-18(13)6-4-11/h7,9,11,13,15,19H,3-6,8,17H2,1-2H3. The number of hydrogen-bond acceptors (Lipinski definition) is 5. The molecule has 21 heavy (non-hydrogen) atoms. The molecule has 2 bridgehead atoms. The Kier molecular flexibility index (Phi) is 3.95. The van der Waals surface area contributed by atoms with Gasteiger partial charge in [-0.1, -0.05) is 0 Å². The van der Waals surface area contributed by atoms with E-state index >= 15 is 0 Å². The van der Waals surface area contributed by atoms with Crippen LogP contribution in [0.3, 0.4) is 0 Å². The number of hydrogen-bond donors (Lipinski definition) is 2. The number of anilines is 1. The molecule has 2 unspecified atom stereocenters. The molecule has 5 nitrogen and oxygen atoms in total. The molecule has 3 aliphatic rings. The van der Waals surface area contributed by atoms with Crippen molar-refractivity contribution in [2.75, 3.05) is 33.0 Å². The summed E-state index contributed by atoms with van der Waals surface area (Å²) in [6, 6.07) is 4.08. The Morgan fingerprint density at radius 3 is 2.52 bits per heavy atom. The highest BCUT2D eigenvalue weighted by atomic mass is 16.5. The highest BCUT2D eigenvalue weighted by molar-refractivity contribution is 5.62. The van der Waals surface area contributed by atoms with Crippen molar-refractivity contribution in [3.8, 4) is 11.5 Å². The molecule has 116 valence electrons. The monoisotopic (exact) mass is 292 g/mol. The lowest BCUT2D eigenvalue weighted by Crippen LogP contribution is -2.58. The van der Waals surface area contributed by atoms with Gasteiger partial charge in [0, 0.05) is 6.04 Å². The van der Waals surface area contributed by atoms with Gasteiger partial charge >= 0.3 is 0 Å². The molecule has 5 heteroatoms. The molecule has 0 aromatic heterocycles. The second-order valence-corrected chi connectivity index (χ2v) is 6.06. The topological polar surface area (TPSA) is 68.0 Å². The Bertz CT molecular complexity index is 510. The molecule has 0 saturated carbocycles. The molecule has 0 radical (unpaired) electrons. The lowest BCUT2D eigenvalue weighted by atomic mass is 9.78. The molecule has 0 aliphatic carbocycles. The normalized spacial score (nSPS) is 31.2. The molecule has 1 aromatic carbocycles. The number of piperidine rings is 3. The van der Waals surface area contributed by atoms with E-state index in [1.807, 2.05) is 12.1 Å². The minimum absolute atomic E-state index is 0.190. The summed E-state index contributed by atoms with van der Waals surface area (Å²) in [7, 11) is 3.20. The molecule has 1 aromatic rings. The number of nitrogens with zero attached hydrogens (tertiary/aromatic N) is 1. The average Bonchev–Trinajstić information content (AvgIpc) is 2.50. The molecule has 4 rings (SSSR count). The number of benzene rings is 1. The first-order chi connectivity index (χ1) is 10.1. The van der Waals surface area contributed by atoms with Gasteiger partial charge in [0.1, 0.15) is 0 Å². The number of nitrogen functional groups attached to an aromatic ring is 1. The maximum atomic E-state index is 10.5. The molecule has 3 saturated heterocycles. The van der Waals surface area contributed by atoms with E-state index in [0.717, 1.165) is 37.9 Å². The van der Waals surface area contributed by atoms with Gasteiger partial charge in [0.25, 0.3) is 0 Å². The van der Waals surface area contributed by atoms with Crippen LogP contribution in [-0.2, 0) is 6.42 Å². The lowest BCUT2D eigenvalue weighted by molar-refractivity contribution is -0.0715. The summed E-state index contributed by atoms with van der Waals surface area (Å²) < 4.78 is 10.6. The maximum absolute atomic E-state index is 10.5. The van der Waals surface area contributed by atoms with Crippen molar-refractivity contribution in [1.82, 2.24) is 4.90 Å². The molecule has 3 aliphatic heterocycles. The van der Waals surface area contributed by atoms with Crippen LogP contribution in [0, 0.1) is 5.92 Å². The van der Waals surface area contributed by atoms with E-state index in [0.29, 0.717) is 23.1 Å². The molecule has 2 atom stereocenters. The van der Waals surface area contributed by atoms with Crippen molar-refractivity contribution in [2.24, 2.45) is 5.92 Å². The quantitative estimate of drug-likeness (QED) is 0.818. The van der Waals surface area contributed by atoms with Crippen LogP contribution in [0.2, 0.25) is 0 Å². The van der Waals surface area contributed by atoms with E-state index in [1.165, 1.54) is 0 Å². The molecular weight excluding hydrogens is 268 g/mol. The minimum Gasteiger partial charge on any atom is -0.493 e. The van der Waals surface area contributed by atoms with Crippen molar-refractivity contribution < 1.29 is 14.6 Å². The number of aliphatic hydroxyl groups excluding tert-OH is 1. The van der Waals surface area contributed by atoms with Gasteiger partial charge in [0.2, 0.25) is 0 Å². The zero-order chi connectivity index (χ0) is 15.0. The molecule has 3 heterocycles. The fourth-order valence-electron chi connectivity index (χ4n) is 3.79. The first-order valence-corrected chi connectivity index (χ1v) is 7.56. The Hall–Kier alpha value is -1.46. The van der Waals surface area contributed by atoms with Crippen LogP contribution in [0.5, 0.6) is 11.5 Å². The van der Waals surface area contributed by atoms with Crippen LogP contribution in [0.25, 0.3) is 0 Å². The van der Waals surface area contributed by atoms with Crippen molar-refractivity contribution in [1.29, 1.82) is 0 Å². The zero-order valence-corrected chi connectivity index (χ0v) is 12.7. The van der Waals surface area contributed by atoms with E-state index in [2.05, 4.69) is 4.90 Å². The van der Waals surface area contributed by atoms with E-state index in [-0.39, 0.29) is 12.1 Å². The van der Waals surface area contributed by atoms with Crippen molar-refractivity contribution in [3.63, 3.8) is 0 Å². The summed E-state index contributed by atoms with van der Waals surface area (Å²) in [5.74, 6) is 1.68. The first kappa shape index (κ1) is 14.5. The highest BCUT2D eigenvalue weighted by Gasteiger charge is 2.41. The van der Waals surface area contributed by atoms with Crippen LogP contribution in [0.1, 0.15) is 18.4 Å². The Labute approximate surface area is 125 Å². The second kappa shape index (κ2) is 5.73. The number of ether oxygens (including phenoxy) is 2. The average molecular weight is 292 g/mol. The molecular formula is C16H24N2O3. The summed E-state index contributed by atoms with van der Waals surface area (Å²) in [5.41, 5.74) is 7.71. The number of fused-ring (bicyclic) bond motifs is 3. The van der Waals surface area contributed by atoms with Crippen LogP contribution in [-0.4, -0.2) is 49.5 Å². The third-order valence-corrected chi connectivity index (χ3v) is 4.93. The van der Waals surface area contributed by atoms with Crippen LogP contribution in [0.4, 0.5) is 5.69 Å². The Balaban J connectivity index is 1.83. The first-order valence-electron chi connectivity index (χ1n) is 7.56. The third kappa shape index (κ3) is 2.56. The van der Waals surface area contributed by atoms with Crippen LogP contribution >= 0.6 is 0 Å². The van der Waals surface area contributed by atoms with Gasteiger partial charge in [-0.2, -0.15) is 0 Å². The molecule has 0 spiro atoms. The van der Waals surface area contributed by atoms with E-state index in [9.17, 15) is 5.11 Å². The van der Waals surface area contributed by atoms with Crippen molar-refractivity contribution in [2.45, 2.75) is 31.4 Å². The number of rotatable bonds is 4. The van der Waals surface area contributed by atoms with E-state index in [1.54, 1.807) is 14.2 Å². The van der Waals surface area contributed by atoms with Gasteiger partial charge in [0.15, 0.2) is 11.5 Å². The van der Waals surface area contributed by atoms with Gasteiger partial charge in [-0.25, -0.2) is 0 Å². The van der Waals surface area contributed by atoms with Gasteiger partial charge in [-0.05, 0) is 56.0 Å². The third-order valence-electron chi connectivity index (χ3n) is 4.93. The number of aliphatic hydroxyl groups is 1. The largest absolute Gasteiger partial charge is 0.493 e. The summed E-state index contributed by atoms with van der Waals surface area (Å²) in [5, 5.41) is 10.5. The highest BCUT2D eigenvalue weighted by Crippen LogP contribution is 2.37. The molecule has 0 amide bonds. The van der Waals surface area contributed by atoms with Gasteiger partial charge < -0.3 is 20.3 Å². The van der Waals surface area contributed by atoms with E-state index < -0.39 is 0 Å². The Morgan fingerprint density at radius 2 is 1.95 bits per heavy atom. The lowest BCUT2D eigenvalue weighted by Gasteiger charge is -2.49. The predicted octanol–water partition coefficient (Wildman–Crippen LogP) is 1.28. The fourth-order valence-corrected chi connectivity index (χ4v) is 3.79. The smallest absolute Gasteiger partial charge is 0.183 e. The summed E-state index contributed by atoms with van der Waals surface area (Å²) in [6.45, 7) is 2.18. The second-order valence-electron chi connectivity index (χ2n) is 6.06. The summed E-state index contributed by atoms with van der Waals surface area (Å²) >= 11 is 0. The van der Waals surface area contributed by atoms with Crippen LogP contribution in [0.15, 0.2) is 12.1 Å². The van der Waals surface area contributed by atoms with Gasteiger partial charge in [-0.15, -0.1) is 0 Å². The Morgan fingerprint density at radius 1 is 1.24 bits per heavy atom. The van der Waals surface area contributed by atoms with Crippen molar-refractivity contribution in [3.05, 3.63) is 17.7 Å². The molecule has 3 fully saturated rings. The maximum Gasteiger partial charge on any atom is 0.183 e. The minimum atomic E-state index is -0.234. The predicted molar refractivity (Wildman–Crippen MR) is 81.8 cm³/mol. The van der Waals surface area contributed by atoms with Crippen molar-refractivity contribution >= 4 is 5.69 Å². The summed E-state index contributed by atoms with van der Waals surface area (Å²) in [6.07, 6.45) is 2.79. The number of nitrogens with two attached hydrogens (primary N) is 1. The molecule has 3 N–H and O–H groups in total. The number of methoxy groups -OCH3 is 2. The zero-order valence-electron chi connectivity index (χ0n) is 12.7.